The Kier molecular flexibility index (Phi) is 5.57. The first-order chi connectivity index (χ1) is 8.56. The van der Waals surface area contributed by atoms with Crippen molar-refractivity contribution >= 4 is 5.95 Å². The SMILES string of the molecule is COc1nc(NCCN(C)C(C)C)nc(OC)n1. The molecular weight excluding hydrogens is 234 g/mol. The molecular formula is C11H21N5O2. The summed E-state index contributed by atoms with van der Waals surface area (Å²) in [5.41, 5.74) is 0. The highest BCUT2D eigenvalue weighted by molar-refractivity contribution is 5.27. The largest absolute Gasteiger partial charge is 0.467 e. The van der Waals surface area contributed by atoms with Crippen LogP contribution in [0.25, 0.3) is 0 Å². The Bertz CT molecular complexity index is 350. The highest BCUT2D eigenvalue weighted by Gasteiger charge is 2.07. The fraction of sp³-hybridized carbons (Fsp3) is 0.727. The second-order valence-corrected chi connectivity index (χ2v) is 4.13. The van der Waals surface area contributed by atoms with Crippen LogP contribution in [-0.2, 0) is 0 Å². The summed E-state index contributed by atoms with van der Waals surface area (Å²) in [7, 11) is 5.08. The fourth-order valence-electron chi connectivity index (χ4n) is 1.20. The molecule has 0 spiro atoms. The zero-order chi connectivity index (χ0) is 13.5. The van der Waals surface area contributed by atoms with E-state index in [9.17, 15) is 0 Å². The molecule has 1 aromatic heterocycles. The van der Waals surface area contributed by atoms with Crippen LogP contribution in [-0.4, -0.2) is 60.3 Å². The first-order valence-corrected chi connectivity index (χ1v) is 5.85. The number of rotatable bonds is 7. The first kappa shape index (κ1) is 14.4. The van der Waals surface area contributed by atoms with Gasteiger partial charge in [-0.15, -0.1) is 4.98 Å². The predicted molar refractivity (Wildman–Crippen MR) is 69.2 cm³/mol. The van der Waals surface area contributed by atoms with E-state index in [4.69, 9.17) is 9.47 Å². The van der Waals surface area contributed by atoms with Crippen LogP contribution < -0.4 is 14.8 Å². The molecule has 7 heteroatoms. The Labute approximate surface area is 108 Å². The van der Waals surface area contributed by atoms with Gasteiger partial charge in [-0.3, -0.25) is 0 Å². The van der Waals surface area contributed by atoms with Gasteiger partial charge in [0, 0.05) is 19.1 Å². The number of likely N-dealkylation sites (N-methyl/N-ethyl adjacent to an activating group) is 1. The predicted octanol–water partition coefficient (Wildman–Crippen LogP) is 0.641. The molecule has 0 aliphatic carbocycles. The van der Waals surface area contributed by atoms with Crippen LogP contribution in [0.1, 0.15) is 13.8 Å². The summed E-state index contributed by atoms with van der Waals surface area (Å²) in [5, 5.41) is 3.12. The third kappa shape index (κ3) is 4.33. The van der Waals surface area contributed by atoms with Crippen molar-refractivity contribution < 1.29 is 9.47 Å². The van der Waals surface area contributed by atoms with E-state index in [1.54, 1.807) is 0 Å². The summed E-state index contributed by atoms with van der Waals surface area (Å²) in [6.45, 7) is 5.93. The summed E-state index contributed by atoms with van der Waals surface area (Å²) >= 11 is 0. The summed E-state index contributed by atoms with van der Waals surface area (Å²) in [6, 6.07) is 0.984. The van der Waals surface area contributed by atoms with Crippen molar-refractivity contribution in [3.63, 3.8) is 0 Å². The molecule has 0 atom stereocenters. The Morgan fingerprint density at radius 1 is 1.11 bits per heavy atom. The highest BCUT2D eigenvalue weighted by Crippen LogP contribution is 2.11. The van der Waals surface area contributed by atoms with E-state index in [-0.39, 0.29) is 12.0 Å². The van der Waals surface area contributed by atoms with Gasteiger partial charge in [0.25, 0.3) is 0 Å². The molecule has 7 nitrogen and oxygen atoms in total. The van der Waals surface area contributed by atoms with E-state index in [1.165, 1.54) is 14.2 Å². The first-order valence-electron chi connectivity index (χ1n) is 5.85. The number of hydrogen-bond donors (Lipinski definition) is 1. The number of aromatic nitrogens is 3. The van der Waals surface area contributed by atoms with Gasteiger partial charge in [0.15, 0.2) is 0 Å². The van der Waals surface area contributed by atoms with Crippen LogP contribution in [0.15, 0.2) is 0 Å². The van der Waals surface area contributed by atoms with Crippen molar-refractivity contribution in [1.82, 2.24) is 19.9 Å². The third-order valence-corrected chi connectivity index (χ3v) is 2.59. The average molecular weight is 255 g/mol. The smallest absolute Gasteiger partial charge is 0.324 e. The van der Waals surface area contributed by atoms with Crippen LogP contribution in [0.5, 0.6) is 12.0 Å². The third-order valence-electron chi connectivity index (χ3n) is 2.59. The summed E-state index contributed by atoms with van der Waals surface area (Å²) in [5.74, 6) is 0.454. The lowest BCUT2D eigenvalue weighted by Crippen LogP contribution is -2.31. The lowest BCUT2D eigenvalue weighted by atomic mass is 10.3. The summed E-state index contributed by atoms with van der Waals surface area (Å²) in [6.07, 6.45) is 0. The second-order valence-electron chi connectivity index (χ2n) is 4.13. The van der Waals surface area contributed by atoms with Gasteiger partial charge in [-0.1, -0.05) is 0 Å². The quantitative estimate of drug-likeness (QED) is 0.766. The monoisotopic (exact) mass is 255 g/mol. The molecule has 18 heavy (non-hydrogen) atoms. The number of hydrogen-bond acceptors (Lipinski definition) is 7. The van der Waals surface area contributed by atoms with Crippen LogP contribution in [0.3, 0.4) is 0 Å². The minimum atomic E-state index is 0.238. The number of methoxy groups -OCH3 is 2. The molecule has 0 unspecified atom stereocenters. The van der Waals surface area contributed by atoms with Gasteiger partial charge >= 0.3 is 12.0 Å². The Morgan fingerprint density at radius 2 is 1.67 bits per heavy atom. The maximum Gasteiger partial charge on any atom is 0.324 e. The molecule has 0 amide bonds. The molecule has 0 saturated heterocycles. The van der Waals surface area contributed by atoms with Crippen molar-refractivity contribution in [1.29, 1.82) is 0 Å². The minimum Gasteiger partial charge on any atom is -0.467 e. The van der Waals surface area contributed by atoms with E-state index >= 15 is 0 Å². The van der Waals surface area contributed by atoms with Gasteiger partial charge in [0.05, 0.1) is 14.2 Å². The molecule has 0 aliphatic heterocycles. The molecule has 1 aromatic rings. The van der Waals surface area contributed by atoms with Gasteiger partial charge < -0.3 is 19.7 Å². The summed E-state index contributed by atoms with van der Waals surface area (Å²) < 4.78 is 9.94. The number of nitrogens with one attached hydrogen (secondary N) is 1. The van der Waals surface area contributed by atoms with E-state index in [0.29, 0.717) is 12.0 Å². The molecule has 0 bridgehead atoms. The molecule has 0 fully saturated rings. The van der Waals surface area contributed by atoms with Gasteiger partial charge in [0.2, 0.25) is 5.95 Å². The zero-order valence-corrected chi connectivity index (χ0v) is 11.6. The van der Waals surface area contributed by atoms with Crippen molar-refractivity contribution in [2.45, 2.75) is 19.9 Å². The maximum atomic E-state index is 4.97. The van der Waals surface area contributed by atoms with Gasteiger partial charge in [-0.25, -0.2) is 0 Å². The number of nitrogens with zero attached hydrogens (tertiary/aromatic N) is 4. The van der Waals surface area contributed by atoms with Gasteiger partial charge in [0.1, 0.15) is 0 Å². The molecule has 1 N–H and O–H groups in total. The van der Waals surface area contributed by atoms with Gasteiger partial charge in [-0.2, -0.15) is 9.97 Å². The fourth-order valence-corrected chi connectivity index (χ4v) is 1.20. The zero-order valence-electron chi connectivity index (χ0n) is 11.6. The van der Waals surface area contributed by atoms with Crippen molar-refractivity contribution in [3.05, 3.63) is 0 Å². The lowest BCUT2D eigenvalue weighted by Gasteiger charge is -2.20. The average Bonchev–Trinajstić information content (AvgIpc) is 2.37. The number of anilines is 1. The van der Waals surface area contributed by atoms with E-state index in [0.717, 1.165) is 13.1 Å². The molecule has 0 aliphatic rings. The van der Waals surface area contributed by atoms with Crippen LogP contribution in [0.2, 0.25) is 0 Å². The van der Waals surface area contributed by atoms with Crippen molar-refractivity contribution in [2.75, 3.05) is 39.7 Å². The van der Waals surface area contributed by atoms with Crippen molar-refractivity contribution in [2.24, 2.45) is 0 Å². The molecule has 1 heterocycles. The van der Waals surface area contributed by atoms with E-state index in [1.807, 2.05) is 0 Å². The maximum absolute atomic E-state index is 4.97. The summed E-state index contributed by atoms with van der Waals surface area (Å²) in [4.78, 5) is 14.3. The Balaban J connectivity index is 2.56. The molecule has 0 saturated carbocycles. The van der Waals surface area contributed by atoms with E-state index < -0.39 is 0 Å². The molecule has 102 valence electrons. The second kappa shape index (κ2) is 6.95. The standard InChI is InChI=1S/C11H21N5O2/c1-8(2)16(3)7-6-12-9-13-10(17-4)15-11(14-9)18-5/h8H,6-7H2,1-5H3,(H,12,13,14,15). The highest BCUT2D eigenvalue weighted by atomic mass is 16.5. The van der Waals surface area contributed by atoms with Gasteiger partial charge in [-0.05, 0) is 20.9 Å². The Morgan fingerprint density at radius 3 is 2.11 bits per heavy atom. The topological polar surface area (TPSA) is 72.4 Å². The van der Waals surface area contributed by atoms with E-state index in [2.05, 4.69) is 46.1 Å². The molecule has 1 rings (SSSR count). The lowest BCUT2D eigenvalue weighted by molar-refractivity contribution is 0.284. The van der Waals surface area contributed by atoms with Crippen LogP contribution in [0, 0.1) is 0 Å². The number of ether oxygens (including phenoxy) is 2. The van der Waals surface area contributed by atoms with Crippen molar-refractivity contribution in [3.8, 4) is 12.0 Å². The molecule has 0 aromatic carbocycles. The van der Waals surface area contributed by atoms with Crippen LogP contribution >= 0.6 is 0 Å². The molecule has 0 radical (unpaired) electrons. The Hall–Kier alpha value is -1.63. The minimum absolute atomic E-state index is 0.238. The van der Waals surface area contributed by atoms with Crippen LogP contribution in [0.4, 0.5) is 5.95 Å². The normalized spacial score (nSPS) is 10.8.